The van der Waals surface area contributed by atoms with Crippen LogP contribution >= 0.6 is 0 Å². The Morgan fingerprint density at radius 3 is 2.40 bits per heavy atom. The van der Waals surface area contributed by atoms with Crippen LogP contribution in [0.25, 0.3) is 10.8 Å². The molecule has 4 aliphatic rings. The summed E-state index contributed by atoms with van der Waals surface area (Å²) in [6.45, 7) is 0. The lowest BCUT2D eigenvalue weighted by Crippen LogP contribution is -2.41. The molecule has 0 radical (unpaired) electrons. The Labute approximate surface area is 202 Å². The van der Waals surface area contributed by atoms with Crippen molar-refractivity contribution in [3.63, 3.8) is 0 Å². The molecular formula is C28H24N2O5. The molecule has 176 valence electrons. The Kier molecular flexibility index (Phi) is 4.28. The Hall–Kier alpha value is -3.87. The molecule has 3 aromatic carbocycles. The lowest BCUT2D eigenvalue weighted by Gasteiger charge is -2.30. The van der Waals surface area contributed by atoms with Gasteiger partial charge in [-0.05, 0) is 47.4 Å². The van der Waals surface area contributed by atoms with E-state index in [4.69, 9.17) is 14.3 Å². The van der Waals surface area contributed by atoms with E-state index in [2.05, 4.69) is 5.16 Å². The molecule has 7 rings (SSSR count). The van der Waals surface area contributed by atoms with E-state index in [1.54, 1.807) is 14.2 Å². The van der Waals surface area contributed by atoms with E-state index in [1.165, 1.54) is 4.90 Å². The first-order chi connectivity index (χ1) is 17.1. The highest BCUT2D eigenvalue weighted by Crippen LogP contribution is 2.62. The van der Waals surface area contributed by atoms with Gasteiger partial charge in [-0.3, -0.25) is 14.5 Å². The van der Waals surface area contributed by atoms with Gasteiger partial charge in [0.05, 0.1) is 37.5 Å². The molecule has 0 unspecified atom stereocenters. The monoisotopic (exact) mass is 468 g/mol. The zero-order valence-electron chi connectivity index (χ0n) is 19.4. The van der Waals surface area contributed by atoms with Crippen LogP contribution in [0.3, 0.4) is 0 Å². The third-order valence-electron chi connectivity index (χ3n) is 8.37. The molecule has 2 bridgehead atoms. The van der Waals surface area contributed by atoms with Crippen molar-refractivity contribution < 1.29 is 23.9 Å². The van der Waals surface area contributed by atoms with Gasteiger partial charge in [0.1, 0.15) is 17.6 Å². The van der Waals surface area contributed by atoms with E-state index < -0.39 is 0 Å². The van der Waals surface area contributed by atoms with E-state index in [0.717, 1.165) is 28.5 Å². The second kappa shape index (κ2) is 7.31. The first-order valence-corrected chi connectivity index (χ1v) is 11.9. The quantitative estimate of drug-likeness (QED) is 0.541. The molecular weight excluding hydrogens is 444 g/mol. The standard InChI is InChI=1S/C28H24N2O5/c1-33-17-9-10-18(21(12-17)34-2)25-24-19-13-20(26(24)35-29-25)23-22(19)27(31)30(28(23)32)16-8-7-14-5-3-4-6-15(14)11-16/h3-12,19-20,22-24,26H,13H2,1-2H3/t19-,20+,22-,23-,24-,26-/m1/s1. The number of hydrogen-bond donors (Lipinski definition) is 0. The normalized spacial score (nSPS) is 30.3. The second-order valence-electron chi connectivity index (χ2n) is 9.80. The summed E-state index contributed by atoms with van der Waals surface area (Å²) in [6, 6.07) is 19.3. The number of amides is 2. The maximum Gasteiger partial charge on any atom is 0.238 e. The summed E-state index contributed by atoms with van der Waals surface area (Å²) in [4.78, 5) is 34.7. The molecule has 7 heteroatoms. The predicted molar refractivity (Wildman–Crippen MR) is 129 cm³/mol. The van der Waals surface area contributed by atoms with Gasteiger partial charge in [-0.1, -0.05) is 35.5 Å². The third kappa shape index (κ3) is 2.69. The largest absolute Gasteiger partial charge is 0.497 e. The lowest BCUT2D eigenvalue weighted by atomic mass is 9.71. The predicted octanol–water partition coefficient (Wildman–Crippen LogP) is 4.03. The zero-order chi connectivity index (χ0) is 23.8. The molecule has 0 N–H and O–H groups in total. The van der Waals surface area contributed by atoms with Crippen LogP contribution in [0.5, 0.6) is 11.5 Å². The number of hydrogen-bond acceptors (Lipinski definition) is 6. The number of rotatable bonds is 4. The highest BCUT2D eigenvalue weighted by atomic mass is 16.6. The molecule has 2 saturated carbocycles. The van der Waals surface area contributed by atoms with Crippen LogP contribution in [-0.2, 0) is 14.4 Å². The Morgan fingerprint density at radius 1 is 0.857 bits per heavy atom. The molecule has 2 amide bonds. The molecule has 1 saturated heterocycles. The summed E-state index contributed by atoms with van der Waals surface area (Å²) in [5.74, 6) is 0.359. The number of carbonyl (C=O) groups is 2. The highest BCUT2D eigenvalue weighted by molar-refractivity contribution is 6.23. The summed E-state index contributed by atoms with van der Waals surface area (Å²) in [7, 11) is 3.23. The molecule has 3 aromatic rings. The number of carbonyl (C=O) groups excluding carboxylic acids is 2. The van der Waals surface area contributed by atoms with Gasteiger partial charge in [0.2, 0.25) is 11.8 Å². The molecule has 2 aliphatic heterocycles. The Morgan fingerprint density at radius 2 is 1.63 bits per heavy atom. The van der Waals surface area contributed by atoms with Crippen molar-refractivity contribution in [2.45, 2.75) is 12.5 Å². The van der Waals surface area contributed by atoms with Crippen LogP contribution in [0.2, 0.25) is 0 Å². The molecule has 6 atom stereocenters. The van der Waals surface area contributed by atoms with Crippen molar-refractivity contribution in [3.8, 4) is 11.5 Å². The molecule has 3 fully saturated rings. The smallest absolute Gasteiger partial charge is 0.238 e. The average molecular weight is 469 g/mol. The van der Waals surface area contributed by atoms with Crippen LogP contribution in [0.15, 0.2) is 65.8 Å². The van der Waals surface area contributed by atoms with Crippen molar-refractivity contribution in [2.24, 2.45) is 34.7 Å². The third-order valence-corrected chi connectivity index (χ3v) is 8.37. The van der Waals surface area contributed by atoms with Gasteiger partial charge in [-0.25, -0.2) is 0 Å². The average Bonchev–Trinajstić information content (AvgIpc) is 3.63. The van der Waals surface area contributed by atoms with Crippen LogP contribution in [-0.4, -0.2) is 37.8 Å². The maximum atomic E-state index is 13.7. The van der Waals surface area contributed by atoms with Crippen LogP contribution < -0.4 is 14.4 Å². The minimum atomic E-state index is -0.354. The van der Waals surface area contributed by atoms with Gasteiger partial charge in [0.15, 0.2) is 0 Å². The molecule has 0 aromatic heterocycles. The summed E-state index contributed by atoms with van der Waals surface area (Å²) >= 11 is 0. The van der Waals surface area contributed by atoms with E-state index in [-0.39, 0.29) is 47.5 Å². The fraction of sp³-hybridized carbons (Fsp3) is 0.321. The number of oxime groups is 1. The molecule has 7 nitrogen and oxygen atoms in total. The lowest BCUT2D eigenvalue weighted by molar-refractivity contribution is -0.125. The van der Waals surface area contributed by atoms with Crippen molar-refractivity contribution in [1.29, 1.82) is 0 Å². The molecule has 35 heavy (non-hydrogen) atoms. The topological polar surface area (TPSA) is 77.4 Å². The Bertz CT molecular complexity index is 1430. The van der Waals surface area contributed by atoms with Gasteiger partial charge in [-0.15, -0.1) is 0 Å². The summed E-state index contributed by atoms with van der Waals surface area (Å²) in [5.41, 5.74) is 2.28. The van der Waals surface area contributed by atoms with Crippen LogP contribution in [0.1, 0.15) is 12.0 Å². The number of nitrogens with zero attached hydrogens (tertiary/aromatic N) is 2. The SMILES string of the molecule is COc1ccc(C2=NO[C@@H]3[C@H]4C[C@H]([C@H]5C(=O)N(c6ccc7ccccc7c6)C(=O)[C@H]45)[C@H]23)c(OC)c1. The number of benzene rings is 3. The summed E-state index contributed by atoms with van der Waals surface area (Å²) in [6.07, 6.45) is 0.599. The van der Waals surface area contributed by atoms with E-state index in [0.29, 0.717) is 17.2 Å². The number of methoxy groups -OCH3 is 2. The first kappa shape index (κ1) is 20.5. The van der Waals surface area contributed by atoms with Crippen LogP contribution in [0.4, 0.5) is 5.69 Å². The summed E-state index contributed by atoms with van der Waals surface area (Å²) < 4.78 is 11.0. The summed E-state index contributed by atoms with van der Waals surface area (Å²) in [5, 5.41) is 6.53. The van der Waals surface area contributed by atoms with Gasteiger partial charge in [0.25, 0.3) is 0 Å². The van der Waals surface area contributed by atoms with Gasteiger partial charge in [0, 0.05) is 23.5 Å². The second-order valence-corrected chi connectivity index (χ2v) is 9.80. The fourth-order valence-electron chi connectivity index (χ4n) is 6.93. The van der Waals surface area contributed by atoms with Gasteiger partial charge in [-0.2, -0.15) is 0 Å². The maximum absolute atomic E-state index is 13.7. The van der Waals surface area contributed by atoms with E-state index in [1.807, 2.05) is 60.7 Å². The number of fused-ring (bicyclic) bond motifs is 9. The van der Waals surface area contributed by atoms with Gasteiger partial charge < -0.3 is 14.3 Å². The van der Waals surface area contributed by atoms with E-state index in [9.17, 15) is 9.59 Å². The van der Waals surface area contributed by atoms with Crippen molar-refractivity contribution in [1.82, 2.24) is 0 Å². The fourth-order valence-corrected chi connectivity index (χ4v) is 6.93. The van der Waals surface area contributed by atoms with E-state index >= 15 is 0 Å². The van der Waals surface area contributed by atoms with Crippen molar-refractivity contribution in [3.05, 3.63) is 66.2 Å². The number of anilines is 1. The number of imide groups is 1. The number of ether oxygens (including phenoxy) is 2. The first-order valence-electron chi connectivity index (χ1n) is 11.9. The van der Waals surface area contributed by atoms with Gasteiger partial charge >= 0.3 is 0 Å². The molecule has 2 aliphatic carbocycles. The van der Waals surface area contributed by atoms with Crippen LogP contribution in [0, 0.1) is 29.6 Å². The molecule has 0 spiro atoms. The minimum absolute atomic E-state index is 0.00460. The zero-order valence-corrected chi connectivity index (χ0v) is 19.4. The van der Waals surface area contributed by atoms with Crippen molar-refractivity contribution in [2.75, 3.05) is 19.1 Å². The molecule has 2 heterocycles. The highest BCUT2D eigenvalue weighted by Gasteiger charge is 2.70. The van der Waals surface area contributed by atoms with Crippen molar-refractivity contribution >= 4 is 34.0 Å². The Balaban J connectivity index is 1.24. The minimum Gasteiger partial charge on any atom is -0.497 e.